The predicted octanol–water partition coefficient (Wildman–Crippen LogP) is 1.01. The van der Waals surface area contributed by atoms with Gasteiger partial charge in [-0.25, -0.2) is 0 Å². The number of hydrogen-bond donors (Lipinski definition) is 2. The second kappa shape index (κ2) is 4.44. The zero-order chi connectivity index (χ0) is 10.7. The van der Waals surface area contributed by atoms with Gasteiger partial charge in [0.1, 0.15) is 0 Å². The number of amides is 1. The first-order valence-electron chi connectivity index (χ1n) is 5.05. The van der Waals surface area contributed by atoms with E-state index in [0.717, 1.165) is 12.8 Å². The van der Waals surface area contributed by atoms with Crippen molar-refractivity contribution in [1.82, 2.24) is 5.32 Å². The molecule has 0 heterocycles. The molecule has 0 bridgehead atoms. The van der Waals surface area contributed by atoms with Gasteiger partial charge in [-0.15, -0.1) is 0 Å². The topological polar surface area (TPSA) is 66.4 Å². The Kier molecular flexibility index (Phi) is 3.49. The van der Waals surface area contributed by atoms with Gasteiger partial charge in [-0.05, 0) is 12.8 Å². The number of carbonyl (C=O) groups excluding carboxylic acids is 1. The number of carboxylic acids is 1. The molecule has 1 aliphatic carbocycles. The number of carboxylic acid groups (broad SMARTS) is 1. The van der Waals surface area contributed by atoms with Crippen molar-refractivity contribution in [3.63, 3.8) is 0 Å². The Morgan fingerprint density at radius 2 is 2.00 bits per heavy atom. The molecule has 1 rings (SSSR count). The van der Waals surface area contributed by atoms with E-state index in [1.165, 1.54) is 0 Å². The maximum atomic E-state index is 11.4. The van der Waals surface area contributed by atoms with Crippen LogP contribution in [0.2, 0.25) is 0 Å². The molecule has 0 unspecified atom stereocenters. The van der Waals surface area contributed by atoms with E-state index in [9.17, 15) is 9.59 Å². The fourth-order valence-corrected chi connectivity index (χ4v) is 1.78. The fourth-order valence-electron chi connectivity index (χ4n) is 1.78. The van der Waals surface area contributed by atoms with Gasteiger partial charge >= 0.3 is 5.97 Å². The SMILES string of the molecule is CC(C)C(=O)N[C@@H]1CCC[C@@H]1C(=O)O. The Labute approximate surface area is 83.7 Å². The first-order valence-corrected chi connectivity index (χ1v) is 5.05. The second-order valence-corrected chi connectivity index (χ2v) is 4.15. The maximum absolute atomic E-state index is 11.4. The maximum Gasteiger partial charge on any atom is 0.308 e. The van der Waals surface area contributed by atoms with Crippen LogP contribution in [-0.4, -0.2) is 23.0 Å². The molecule has 0 aromatic carbocycles. The van der Waals surface area contributed by atoms with E-state index in [2.05, 4.69) is 5.32 Å². The van der Waals surface area contributed by atoms with Gasteiger partial charge in [0.25, 0.3) is 0 Å². The summed E-state index contributed by atoms with van der Waals surface area (Å²) < 4.78 is 0. The van der Waals surface area contributed by atoms with Crippen molar-refractivity contribution in [2.24, 2.45) is 11.8 Å². The van der Waals surface area contributed by atoms with Crippen LogP contribution in [0.4, 0.5) is 0 Å². The van der Waals surface area contributed by atoms with Gasteiger partial charge in [0.05, 0.1) is 5.92 Å². The fraction of sp³-hybridized carbons (Fsp3) is 0.800. The van der Waals surface area contributed by atoms with Crippen LogP contribution >= 0.6 is 0 Å². The average Bonchev–Trinajstić information content (AvgIpc) is 2.52. The third-order valence-electron chi connectivity index (χ3n) is 2.69. The molecule has 0 spiro atoms. The van der Waals surface area contributed by atoms with Gasteiger partial charge in [-0.3, -0.25) is 9.59 Å². The molecular formula is C10H17NO3. The minimum absolute atomic E-state index is 0.0526. The number of hydrogen-bond acceptors (Lipinski definition) is 2. The minimum Gasteiger partial charge on any atom is -0.481 e. The van der Waals surface area contributed by atoms with E-state index in [1.807, 2.05) is 0 Å². The summed E-state index contributed by atoms with van der Waals surface area (Å²) in [6, 6.07) is -0.164. The lowest BCUT2D eigenvalue weighted by molar-refractivity contribution is -0.142. The molecule has 2 atom stereocenters. The van der Waals surface area contributed by atoms with Crippen LogP contribution in [0.1, 0.15) is 33.1 Å². The smallest absolute Gasteiger partial charge is 0.308 e. The first kappa shape index (κ1) is 11.0. The summed E-state index contributed by atoms with van der Waals surface area (Å²) in [6.45, 7) is 3.61. The molecular weight excluding hydrogens is 182 g/mol. The highest BCUT2D eigenvalue weighted by molar-refractivity contribution is 5.79. The summed E-state index contributed by atoms with van der Waals surface area (Å²) in [6.07, 6.45) is 2.35. The van der Waals surface area contributed by atoms with Gasteiger partial charge in [-0.2, -0.15) is 0 Å². The Morgan fingerprint density at radius 1 is 1.36 bits per heavy atom. The van der Waals surface area contributed by atoms with Gasteiger partial charge in [0.2, 0.25) is 5.91 Å². The van der Waals surface area contributed by atoms with Crippen LogP contribution in [-0.2, 0) is 9.59 Å². The largest absolute Gasteiger partial charge is 0.481 e. The highest BCUT2D eigenvalue weighted by atomic mass is 16.4. The van der Waals surface area contributed by atoms with Crippen LogP contribution in [0.5, 0.6) is 0 Å². The third-order valence-corrected chi connectivity index (χ3v) is 2.69. The minimum atomic E-state index is -0.795. The monoisotopic (exact) mass is 199 g/mol. The van der Waals surface area contributed by atoms with E-state index < -0.39 is 11.9 Å². The van der Waals surface area contributed by atoms with Crippen molar-refractivity contribution in [1.29, 1.82) is 0 Å². The van der Waals surface area contributed by atoms with Crippen LogP contribution in [0.15, 0.2) is 0 Å². The number of nitrogens with one attached hydrogen (secondary N) is 1. The molecule has 1 aliphatic rings. The van der Waals surface area contributed by atoms with Crippen molar-refractivity contribution in [2.45, 2.75) is 39.2 Å². The zero-order valence-electron chi connectivity index (χ0n) is 8.62. The zero-order valence-corrected chi connectivity index (χ0v) is 8.62. The summed E-state index contributed by atoms with van der Waals surface area (Å²) in [5, 5.41) is 11.7. The highest BCUT2D eigenvalue weighted by Gasteiger charge is 2.33. The molecule has 80 valence electrons. The van der Waals surface area contributed by atoms with Gasteiger partial charge in [-0.1, -0.05) is 20.3 Å². The number of aliphatic carboxylic acids is 1. The van der Waals surface area contributed by atoms with Crippen molar-refractivity contribution in [2.75, 3.05) is 0 Å². The van der Waals surface area contributed by atoms with Crippen LogP contribution in [0.3, 0.4) is 0 Å². The average molecular weight is 199 g/mol. The summed E-state index contributed by atoms with van der Waals surface area (Å²) in [7, 11) is 0. The molecule has 0 aromatic heterocycles. The lowest BCUT2D eigenvalue weighted by Crippen LogP contribution is -2.41. The van der Waals surface area contributed by atoms with Crippen molar-refractivity contribution >= 4 is 11.9 Å². The third kappa shape index (κ3) is 2.47. The molecule has 1 fully saturated rings. The number of rotatable bonds is 3. The molecule has 1 amide bonds. The van der Waals surface area contributed by atoms with Crippen LogP contribution in [0.25, 0.3) is 0 Å². The lowest BCUT2D eigenvalue weighted by atomic mass is 10.0. The molecule has 14 heavy (non-hydrogen) atoms. The van der Waals surface area contributed by atoms with Gasteiger partial charge in [0.15, 0.2) is 0 Å². The molecule has 0 aliphatic heterocycles. The Balaban J connectivity index is 2.51. The normalized spacial score (nSPS) is 26.5. The molecule has 0 radical (unpaired) electrons. The quantitative estimate of drug-likeness (QED) is 0.713. The van der Waals surface area contributed by atoms with Crippen molar-refractivity contribution in [3.05, 3.63) is 0 Å². The lowest BCUT2D eigenvalue weighted by Gasteiger charge is -2.18. The first-order chi connectivity index (χ1) is 6.52. The summed E-state index contributed by atoms with van der Waals surface area (Å²) >= 11 is 0. The molecule has 4 heteroatoms. The van der Waals surface area contributed by atoms with Gasteiger partial charge in [0, 0.05) is 12.0 Å². The summed E-state index contributed by atoms with van der Waals surface area (Å²) in [4.78, 5) is 22.2. The summed E-state index contributed by atoms with van der Waals surface area (Å²) in [5.74, 6) is -1.32. The Bertz CT molecular complexity index is 238. The number of carbonyl (C=O) groups is 2. The molecule has 2 N–H and O–H groups in total. The van der Waals surface area contributed by atoms with Crippen LogP contribution < -0.4 is 5.32 Å². The van der Waals surface area contributed by atoms with Crippen molar-refractivity contribution in [3.8, 4) is 0 Å². The molecule has 1 saturated carbocycles. The molecule has 4 nitrogen and oxygen atoms in total. The van der Waals surface area contributed by atoms with E-state index in [0.29, 0.717) is 6.42 Å². The van der Waals surface area contributed by atoms with E-state index in [-0.39, 0.29) is 17.9 Å². The Hall–Kier alpha value is -1.06. The molecule has 0 aromatic rings. The van der Waals surface area contributed by atoms with E-state index in [4.69, 9.17) is 5.11 Å². The van der Waals surface area contributed by atoms with Crippen LogP contribution in [0, 0.1) is 11.8 Å². The second-order valence-electron chi connectivity index (χ2n) is 4.15. The van der Waals surface area contributed by atoms with Gasteiger partial charge < -0.3 is 10.4 Å². The Morgan fingerprint density at radius 3 is 2.50 bits per heavy atom. The van der Waals surface area contributed by atoms with E-state index in [1.54, 1.807) is 13.8 Å². The van der Waals surface area contributed by atoms with Crippen molar-refractivity contribution < 1.29 is 14.7 Å². The highest BCUT2D eigenvalue weighted by Crippen LogP contribution is 2.25. The standard InChI is InChI=1S/C10H17NO3/c1-6(2)9(12)11-8-5-3-4-7(8)10(13)14/h6-8H,3-5H2,1-2H3,(H,11,12)(H,13,14)/t7-,8+/m0/s1. The summed E-state index contributed by atoms with van der Waals surface area (Å²) in [5.41, 5.74) is 0. The predicted molar refractivity (Wildman–Crippen MR) is 51.7 cm³/mol. The molecule has 0 saturated heterocycles. The van der Waals surface area contributed by atoms with E-state index >= 15 is 0 Å².